The number of carboxylic acids is 1. The third-order valence-electron chi connectivity index (χ3n) is 3.58. The van der Waals surface area contributed by atoms with Gasteiger partial charge in [0.25, 0.3) is 0 Å². The molecule has 1 fully saturated rings. The van der Waals surface area contributed by atoms with E-state index in [1.807, 2.05) is 11.0 Å². The molecule has 6 nitrogen and oxygen atoms in total. The predicted octanol–water partition coefficient (Wildman–Crippen LogP) is 1.26. The van der Waals surface area contributed by atoms with Crippen LogP contribution in [0.1, 0.15) is 16.8 Å². The van der Waals surface area contributed by atoms with Gasteiger partial charge in [-0.3, -0.25) is 4.79 Å². The van der Waals surface area contributed by atoms with Crippen LogP contribution in [0.15, 0.2) is 30.3 Å². The van der Waals surface area contributed by atoms with Crippen LogP contribution in [0.3, 0.4) is 0 Å². The fraction of sp³-hybridized carbons (Fsp3) is 0.267. The zero-order chi connectivity index (χ0) is 14.8. The highest BCUT2D eigenvalue weighted by Gasteiger charge is 2.16. The van der Waals surface area contributed by atoms with Crippen LogP contribution in [0, 0.1) is 0 Å². The van der Waals surface area contributed by atoms with Crippen molar-refractivity contribution >= 4 is 28.6 Å². The zero-order valence-electron chi connectivity index (χ0n) is 11.4. The number of amides is 1. The molecule has 108 valence electrons. The summed E-state index contributed by atoms with van der Waals surface area (Å²) >= 11 is 0. The van der Waals surface area contributed by atoms with E-state index < -0.39 is 5.97 Å². The smallest absolute Gasteiger partial charge is 0.336 e. The van der Waals surface area contributed by atoms with Gasteiger partial charge in [0.1, 0.15) is 5.82 Å². The van der Waals surface area contributed by atoms with Gasteiger partial charge in [-0.2, -0.15) is 0 Å². The van der Waals surface area contributed by atoms with Gasteiger partial charge >= 0.3 is 5.97 Å². The molecule has 2 N–H and O–H groups in total. The molecule has 1 aliphatic heterocycles. The Kier molecular flexibility index (Phi) is 3.43. The van der Waals surface area contributed by atoms with Crippen molar-refractivity contribution in [3.63, 3.8) is 0 Å². The van der Waals surface area contributed by atoms with Crippen molar-refractivity contribution < 1.29 is 14.7 Å². The Hall–Kier alpha value is -2.63. The first-order valence-corrected chi connectivity index (χ1v) is 6.80. The summed E-state index contributed by atoms with van der Waals surface area (Å²) in [6, 6.07) is 8.65. The van der Waals surface area contributed by atoms with Crippen molar-refractivity contribution in [3.05, 3.63) is 35.9 Å². The Morgan fingerprint density at radius 1 is 1.24 bits per heavy atom. The van der Waals surface area contributed by atoms with Crippen LogP contribution < -0.4 is 10.2 Å². The molecule has 1 amide bonds. The molecule has 1 saturated heterocycles. The molecule has 1 aromatic carbocycles. The number of fused-ring (bicyclic) bond motifs is 1. The van der Waals surface area contributed by atoms with Crippen LogP contribution in [0.2, 0.25) is 0 Å². The number of hydrogen-bond acceptors (Lipinski definition) is 4. The molecule has 6 heteroatoms. The lowest BCUT2D eigenvalue weighted by molar-refractivity contribution is -0.120. The summed E-state index contributed by atoms with van der Waals surface area (Å²) < 4.78 is 0. The highest BCUT2D eigenvalue weighted by Crippen LogP contribution is 2.22. The number of hydrogen-bond donors (Lipinski definition) is 2. The highest BCUT2D eigenvalue weighted by molar-refractivity contribution is 6.02. The molecular formula is C15H15N3O3. The third-order valence-corrected chi connectivity index (χ3v) is 3.58. The van der Waals surface area contributed by atoms with Crippen molar-refractivity contribution in [2.45, 2.75) is 6.42 Å². The largest absolute Gasteiger partial charge is 0.478 e. The molecule has 0 radical (unpaired) electrons. The number of carbonyl (C=O) groups excluding carboxylic acids is 1. The Morgan fingerprint density at radius 2 is 2.10 bits per heavy atom. The van der Waals surface area contributed by atoms with Gasteiger partial charge in [0, 0.05) is 31.4 Å². The number of carboxylic acid groups (broad SMARTS) is 1. The molecule has 1 aromatic heterocycles. The second kappa shape index (κ2) is 5.40. The average molecular weight is 285 g/mol. The molecule has 0 unspecified atom stereocenters. The van der Waals surface area contributed by atoms with Crippen LogP contribution >= 0.6 is 0 Å². The first kappa shape index (κ1) is 13.4. The lowest BCUT2D eigenvalue weighted by Gasteiger charge is -2.21. The summed E-state index contributed by atoms with van der Waals surface area (Å²) in [5.74, 6) is -0.146. The Morgan fingerprint density at radius 3 is 2.90 bits per heavy atom. The van der Waals surface area contributed by atoms with E-state index in [2.05, 4.69) is 10.3 Å². The number of rotatable bonds is 2. The number of anilines is 1. The fourth-order valence-corrected chi connectivity index (χ4v) is 2.50. The van der Waals surface area contributed by atoms with E-state index in [1.54, 1.807) is 24.3 Å². The van der Waals surface area contributed by atoms with Crippen molar-refractivity contribution in [2.75, 3.05) is 24.5 Å². The molecule has 0 bridgehead atoms. The van der Waals surface area contributed by atoms with Crippen molar-refractivity contribution in [2.24, 2.45) is 0 Å². The normalized spacial score (nSPS) is 15.6. The van der Waals surface area contributed by atoms with E-state index in [0.717, 1.165) is 5.82 Å². The monoisotopic (exact) mass is 285 g/mol. The first-order valence-electron chi connectivity index (χ1n) is 6.80. The minimum absolute atomic E-state index is 0.0476. The number of nitrogens with zero attached hydrogens (tertiary/aromatic N) is 2. The first-order chi connectivity index (χ1) is 10.1. The second-order valence-corrected chi connectivity index (χ2v) is 4.93. The zero-order valence-corrected chi connectivity index (χ0v) is 11.4. The van der Waals surface area contributed by atoms with Crippen molar-refractivity contribution in [1.82, 2.24) is 10.3 Å². The standard InChI is InChI=1S/C15H15N3O3/c19-14-6-8-18(9-7-16-14)13-5-4-10-11(15(20)21)2-1-3-12(10)17-13/h1-5H,6-9H2,(H,16,19)(H,20,21). The maximum atomic E-state index is 11.4. The molecule has 2 aromatic rings. The Balaban J connectivity index is 1.98. The molecule has 0 spiro atoms. The minimum Gasteiger partial charge on any atom is -0.478 e. The van der Waals surface area contributed by atoms with Gasteiger partial charge in [0.15, 0.2) is 0 Å². The van der Waals surface area contributed by atoms with Gasteiger partial charge in [-0.25, -0.2) is 9.78 Å². The topological polar surface area (TPSA) is 82.5 Å². The van der Waals surface area contributed by atoms with Crippen LogP contribution in [-0.4, -0.2) is 41.6 Å². The molecular weight excluding hydrogens is 270 g/mol. The molecule has 1 aliphatic rings. The van der Waals surface area contributed by atoms with Gasteiger partial charge in [-0.1, -0.05) is 6.07 Å². The number of pyridine rings is 1. The third kappa shape index (κ3) is 2.65. The molecule has 2 heterocycles. The van der Waals surface area contributed by atoms with E-state index in [0.29, 0.717) is 37.0 Å². The minimum atomic E-state index is -0.959. The van der Waals surface area contributed by atoms with Crippen molar-refractivity contribution in [3.8, 4) is 0 Å². The predicted molar refractivity (Wildman–Crippen MR) is 78.5 cm³/mol. The summed E-state index contributed by atoms with van der Waals surface area (Å²) in [6.07, 6.45) is 0.439. The van der Waals surface area contributed by atoms with Gasteiger partial charge in [0.2, 0.25) is 5.91 Å². The maximum Gasteiger partial charge on any atom is 0.336 e. The van der Waals surface area contributed by atoms with E-state index in [4.69, 9.17) is 0 Å². The van der Waals surface area contributed by atoms with E-state index in [-0.39, 0.29) is 11.5 Å². The van der Waals surface area contributed by atoms with Gasteiger partial charge in [0.05, 0.1) is 11.1 Å². The Labute approximate surface area is 121 Å². The molecule has 0 atom stereocenters. The van der Waals surface area contributed by atoms with Gasteiger partial charge in [-0.15, -0.1) is 0 Å². The fourth-order valence-electron chi connectivity index (χ4n) is 2.50. The van der Waals surface area contributed by atoms with Gasteiger partial charge < -0.3 is 15.3 Å². The van der Waals surface area contributed by atoms with Crippen LogP contribution in [-0.2, 0) is 4.79 Å². The highest BCUT2D eigenvalue weighted by atomic mass is 16.4. The van der Waals surface area contributed by atoms with Gasteiger partial charge in [-0.05, 0) is 24.3 Å². The van der Waals surface area contributed by atoms with E-state index in [1.165, 1.54) is 0 Å². The van der Waals surface area contributed by atoms with E-state index in [9.17, 15) is 14.7 Å². The summed E-state index contributed by atoms with van der Waals surface area (Å²) in [5.41, 5.74) is 0.898. The summed E-state index contributed by atoms with van der Waals surface area (Å²) in [7, 11) is 0. The number of carbonyl (C=O) groups is 2. The molecule has 21 heavy (non-hydrogen) atoms. The maximum absolute atomic E-state index is 11.4. The lowest BCUT2D eigenvalue weighted by atomic mass is 10.1. The summed E-state index contributed by atoms with van der Waals surface area (Å²) in [4.78, 5) is 29.1. The molecule has 0 aliphatic carbocycles. The number of aromatic carboxylic acids is 1. The summed E-state index contributed by atoms with van der Waals surface area (Å²) in [6.45, 7) is 1.90. The van der Waals surface area contributed by atoms with Crippen LogP contribution in [0.4, 0.5) is 5.82 Å². The molecule has 0 saturated carbocycles. The average Bonchev–Trinajstić information content (AvgIpc) is 2.70. The number of benzene rings is 1. The molecule has 3 rings (SSSR count). The summed E-state index contributed by atoms with van der Waals surface area (Å²) in [5, 5.41) is 12.6. The number of nitrogens with one attached hydrogen (secondary N) is 1. The number of aromatic nitrogens is 1. The quantitative estimate of drug-likeness (QED) is 0.868. The lowest BCUT2D eigenvalue weighted by Crippen LogP contribution is -2.28. The second-order valence-electron chi connectivity index (χ2n) is 4.93. The van der Waals surface area contributed by atoms with Crippen LogP contribution in [0.25, 0.3) is 10.9 Å². The van der Waals surface area contributed by atoms with E-state index >= 15 is 0 Å². The van der Waals surface area contributed by atoms with Crippen LogP contribution in [0.5, 0.6) is 0 Å². The SMILES string of the molecule is O=C1CCN(c2ccc3c(C(=O)O)cccc3n2)CCN1. The van der Waals surface area contributed by atoms with Crippen molar-refractivity contribution in [1.29, 1.82) is 0 Å². The Bertz CT molecular complexity index is 714.